The van der Waals surface area contributed by atoms with Crippen molar-refractivity contribution in [3.63, 3.8) is 0 Å². The second-order valence-corrected chi connectivity index (χ2v) is 5.48. The van der Waals surface area contributed by atoms with Crippen molar-refractivity contribution < 1.29 is 14.3 Å². The first kappa shape index (κ1) is 15.0. The molecule has 1 saturated heterocycles. The predicted octanol–water partition coefficient (Wildman–Crippen LogP) is 1.54. The number of rotatable bonds is 6. The summed E-state index contributed by atoms with van der Waals surface area (Å²) >= 11 is 0. The first-order valence-electron chi connectivity index (χ1n) is 7.70. The molecule has 0 aliphatic carbocycles. The monoisotopic (exact) mass is 303 g/mol. The molecular formula is C16H21N3O3. The summed E-state index contributed by atoms with van der Waals surface area (Å²) in [7, 11) is 0. The normalized spacial score (nSPS) is 18.5. The molecule has 118 valence electrons. The number of nitrogens with zero attached hydrogens (tertiary/aromatic N) is 2. The molecule has 0 spiro atoms. The van der Waals surface area contributed by atoms with Gasteiger partial charge in [0.2, 0.25) is 5.91 Å². The summed E-state index contributed by atoms with van der Waals surface area (Å²) in [5.74, 6) is -0.119. The molecule has 1 fully saturated rings. The van der Waals surface area contributed by atoms with E-state index in [1.54, 1.807) is 10.7 Å². The lowest BCUT2D eigenvalue weighted by Crippen LogP contribution is -2.30. The lowest BCUT2D eigenvalue weighted by Gasteiger charge is -2.22. The van der Waals surface area contributed by atoms with Crippen LogP contribution in [0, 0.1) is 0 Å². The summed E-state index contributed by atoms with van der Waals surface area (Å²) in [5, 5.41) is 7.09. The molecular weight excluding hydrogens is 282 g/mol. The quantitative estimate of drug-likeness (QED) is 0.879. The third kappa shape index (κ3) is 3.84. The number of amides is 1. The average Bonchev–Trinajstić information content (AvgIpc) is 2.97. The van der Waals surface area contributed by atoms with Gasteiger partial charge in [0, 0.05) is 24.9 Å². The molecule has 0 unspecified atom stereocenters. The number of carbonyl (C=O) groups excluding carboxylic acids is 1. The second kappa shape index (κ2) is 7.38. The maximum absolute atomic E-state index is 11.8. The largest absolute Gasteiger partial charge is 0.376 e. The fourth-order valence-corrected chi connectivity index (χ4v) is 2.59. The number of nitrogens with one attached hydrogen (secondary N) is 1. The van der Waals surface area contributed by atoms with Crippen molar-refractivity contribution in [2.24, 2.45) is 0 Å². The maximum atomic E-state index is 11.8. The van der Waals surface area contributed by atoms with Crippen molar-refractivity contribution in [2.75, 3.05) is 19.8 Å². The Labute approximate surface area is 129 Å². The molecule has 1 N–H and O–H groups in total. The van der Waals surface area contributed by atoms with Crippen LogP contribution < -0.4 is 5.32 Å². The van der Waals surface area contributed by atoms with Gasteiger partial charge in [-0.3, -0.25) is 4.79 Å². The Kier molecular flexibility index (Phi) is 5.03. The third-order valence-corrected chi connectivity index (χ3v) is 3.79. The van der Waals surface area contributed by atoms with Gasteiger partial charge in [-0.2, -0.15) is 5.10 Å². The average molecular weight is 303 g/mol. The first-order valence-corrected chi connectivity index (χ1v) is 7.70. The van der Waals surface area contributed by atoms with Gasteiger partial charge in [0.15, 0.2) is 0 Å². The minimum atomic E-state index is -0.119. The van der Waals surface area contributed by atoms with Crippen molar-refractivity contribution in [1.82, 2.24) is 14.9 Å². The van der Waals surface area contributed by atoms with Crippen LogP contribution in [0.2, 0.25) is 0 Å². The highest BCUT2D eigenvalue weighted by atomic mass is 16.5. The third-order valence-electron chi connectivity index (χ3n) is 3.79. The minimum absolute atomic E-state index is 0.0685. The molecule has 1 aliphatic rings. The highest BCUT2D eigenvalue weighted by molar-refractivity contribution is 5.77. The summed E-state index contributed by atoms with van der Waals surface area (Å²) < 4.78 is 12.8. The van der Waals surface area contributed by atoms with E-state index in [4.69, 9.17) is 9.47 Å². The van der Waals surface area contributed by atoms with E-state index in [1.807, 2.05) is 24.4 Å². The minimum Gasteiger partial charge on any atom is -0.376 e. The predicted molar refractivity (Wildman–Crippen MR) is 81.4 cm³/mol. The van der Waals surface area contributed by atoms with Crippen molar-refractivity contribution >= 4 is 11.4 Å². The van der Waals surface area contributed by atoms with Gasteiger partial charge in [-0.1, -0.05) is 6.07 Å². The zero-order valence-electron chi connectivity index (χ0n) is 12.5. The van der Waals surface area contributed by atoms with E-state index in [2.05, 4.69) is 10.4 Å². The SMILES string of the molecule is O=C(COC[C@@H]1CCCCO1)NCc1cnn2ccccc12. The van der Waals surface area contributed by atoms with Crippen LogP contribution >= 0.6 is 0 Å². The van der Waals surface area contributed by atoms with Gasteiger partial charge in [-0.25, -0.2) is 4.52 Å². The van der Waals surface area contributed by atoms with E-state index in [0.717, 1.165) is 30.5 Å². The van der Waals surface area contributed by atoms with Gasteiger partial charge < -0.3 is 14.8 Å². The highest BCUT2D eigenvalue weighted by Gasteiger charge is 2.14. The van der Waals surface area contributed by atoms with E-state index < -0.39 is 0 Å². The van der Waals surface area contributed by atoms with E-state index in [0.29, 0.717) is 13.2 Å². The highest BCUT2D eigenvalue weighted by Crippen LogP contribution is 2.12. The van der Waals surface area contributed by atoms with Crippen LogP contribution in [0.1, 0.15) is 24.8 Å². The van der Waals surface area contributed by atoms with Crippen LogP contribution in [0.25, 0.3) is 5.52 Å². The molecule has 3 rings (SSSR count). The number of hydrogen-bond donors (Lipinski definition) is 1. The molecule has 1 amide bonds. The fourth-order valence-electron chi connectivity index (χ4n) is 2.59. The Balaban J connectivity index is 1.40. The van der Waals surface area contributed by atoms with Crippen LogP contribution in [-0.2, 0) is 20.8 Å². The Bertz CT molecular complexity index is 620. The zero-order chi connectivity index (χ0) is 15.2. The first-order chi connectivity index (χ1) is 10.8. The molecule has 6 heteroatoms. The van der Waals surface area contributed by atoms with Gasteiger partial charge >= 0.3 is 0 Å². The Morgan fingerprint density at radius 3 is 3.27 bits per heavy atom. The van der Waals surface area contributed by atoms with Crippen LogP contribution in [0.4, 0.5) is 0 Å². The summed E-state index contributed by atoms with van der Waals surface area (Å²) in [5.41, 5.74) is 1.99. The molecule has 0 bridgehead atoms. The van der Waals surface area contributed by atoms with Gasteiger partial charge in [0.25, 0.3) is 0 Å². The maximum Gasteiger partial charge on any atom is 0.246 e. The lowest BCUT2D eigenvalue weighted by atomic mass is 10.1. The smallest absolute Gasteiger partial charge is 0.246 e. The molecule has 0 aromatic carbocycles. The lowest BCUT2D eigenvalue weighted by molar-refractivity contribution is -0.128. The molecule has 2 aromatic heterocycles. The Morgan fingerprint density at radius 1 is 1.45 bits per heavy atom. The molecule has 2 aromatic rings. The van der Waals surface area contributed by atoms with Gasteiger partial charge in [0.05, 0.1) is 24.4 Å². The molecule has 6 nitrogen and oxygen atoms in total. The zero-order valence-corrected chi connectivity index (χ0v) is 12.5. The van der Waals surface area contributed by atoms with Crippen molar-refractivity contribution in [3.8, 4) is 0 Å². The number of pyridine rings is 1. The molecule has 1 aliphatic heterocycles. The topological polar surface area (TPSA) is 64.9 Å². The Morgan fingerprint density at radius 2 is 2.41 bits per heavy atom. The number of carbonyl (C=O) groups is 1. The summed E-state index contributed by atoms with van der Waals surface area (Å²) in [6.07, 6.45) is 7.11. The van der Waals surface area contributed by atoms with Gasteiger partial charge in [-0.05, 0) is 31.4 Å². The van der Waals surface area contributed by atoms with Crippen molar-refractivity contribution in [1.29, 1.82) is 0 Å². The van der Waals surface area contributed by atoms with Gasteiger partial charge in [0.1, 0.15) is 6.61 Å². The van der Waals surface area contributed by atoms with E-state index >= 15 is 0 Å². The molecule has 1 atom stereocenters. The van der Waals surface area contributed by atoms with E-state index in [1.165, 1.54) is 6.42 Å². The Hall–Kier alpha value is -1.92. The van der Waals surface area contributed by atoms with Gasteiger partial charge in [-0.15, -0.1) is 0 Å². The fraction of sp³-hybridized carbons (Fsp3) is 0.500. The van der Waals surface area contributed by atoms with Crippen LogP contribution in [0.5, 0.6) is 0 Å². The molecule has 0 radical (unpaired) electrons. The van der Waals surface area contributed by atoms with E-state index in [-0.39, 0.29) is 18.6 Å². The van der Waals surface area contributed by atoms with Crippen LogP contribution in [-0.4, -0.2) is 41.4 Å². The number of hydrogen-bond acceptors (Lipinski definition) is 4. The second-order valence-electron chi connectivity index (χ2n) is 5.48. The van der Waals surface area contributed by atoms with E-state index in [9.17, 15) is 4.79 Å². The molecule has 3 heterocycles. The summed E-state index contributed by atoms with van der Waals surface area (Å²) in [6, 6.07) is 5.85. The van der Waals surface area contributed by atoms with Crippen molar-refractivity contribution in [2.45, 2.75) is 31.9 Å². The summed E-state index contributed by atoms with van der Waals surface area (Å²) in [6.45, 7) is 1.81. The molecule has 0 saturated carbocycles. The number of aromatic nitrogens is 2. The standard InChI is InChI=1S/C16H21N3O3/c20-16(12-21-11-14-5-2-4-8-22-14)17-9-13-10-18-19-7-3-1-6-15(13)19/h1,3,6-7,10,14H,2,4-5,8-9,11-12H2,(H,17,20)/t14-/m0/s1. The van der Waals surface area contributed by atoms with Crippen molar-refractivity contribution in [3.05, 3.63) is 36.2 Å². The van der Waals surface area contributed by atoms with Crippen LogP contribution in [0.15, 0.2) is 30.6 Å². The number of ether oxygens (including phenoxy) is 2. The summed E-state index contributed by atoms with van der Waals surface area (Å²) in [4.78, 5) is 11.8. The van der Waals surface area contributed by atoms with Crippen LogP contribution in [0.3, 0.4) is 0 Å². The number of fused-ring (bicyclic) bond motifs is 1. The molecule has 22 heavy (non-hydrogen) atoms.